The highest BCUT2D eigenvalue weighted by molar-refractivity contribution is 7.18. The van der Waals surface area contributed by atoms with E-state index in [2.05, 4.69) is 44.2 Å². The molecule has 1 saturated carbocycles. The number of morpholine rings is 1. The summed E-state index contributed by atoms with van der Waals surface area (Å²) >= 11 is 1.81. The average molecular weight is 579 g/mol. The van der Waals surface area contributed by atoms with Gasteiger partial charge in [-0.05, 0) is 55.9 Å². The minimum Gasteiger partial charge on any atom is -0.474 e. The number of nitrogens with one attached hydrogen (secondary N) is 2. The number of fused-ring (bicyclic) bond motifs is 3. The van der Waals surface area contributed by atoms with Crippen LogP contribution < -0.4 is 20.3 Å². The zero-order valence-electron chi connectivity index (χ0n) is 24.3. The third-order valence-electron chi connectivity index (χ3n) is 9.16. The van der Waals surface area contributed by atoms with Gasteiger partial charge in [-0.3, -0.25) is 4.90 Å². The molecule has 0 radical (unpaired) electrons. The second kappa shape index (κ2) is 11.6. The van der Waals surface area contributed by atoms with Crippen LogP contribution in [-0.2, 0) is 17.6 Å². The SMILES string of the molecule is CC1(C)CCc2sc3nc(Nc4cnc(N5CCNCC5)nc4)nc(O[C@H]4CC[C@H](N5CCOCC5)CC4)c3c2C1. The Morgan fingerprint density at radius 2 is 1.78 bits per heavy atom. The number of hydrogen-bond donors (Lipinski definition) is 2. The van der Waals surface area contributed by atoms with Gasteiger partial charge in [0.05, 0.1) is 36.7 Å². The molecule has 0 spiro atoms. The van der Waals surface area contributed by atoms with Crippen LogP contribution in [0.2, 0.25) is 0 Å². The van der Waals surface area contributed by atoms with Crippen LogP contribution in [0.4, 0.5) is 17.6 Å². The van der Waals surface area contributed by atoms with E-state index in [1.807, 2.05) is 23.7 Å². The normalized spacial score (nSPS) is 25.2. The third kappa shape index (κ3) is 6.00. The molecule has 0 bridgehead atoms. The molecule has 2 saturated heterocycles. The molecule has 2 N–H and O–H groups in total. The fraction of sp³-hybridized carbons (Fsp3) is 0.667. The number of aryl methyl sites for hydroxylation is 1. The zero-order chi connectivity index (χ0) is 27.8. The first-order chi connectivity index (χ1) is 20.0. The summed E-state index contributed by atoms with van der Waals surface area (Å²) in [6.07, 6.45) is 11.6. The van der Waals surface area contributed by atoms with Crippen molar-refractivity contribution in [2.75, 3.05) is 62.7 Å². The molecule has 10 nitrogen and oxygen atoms in total. The molecule has 0 atom stereocenters. The quantitative estimate of drug-likeness (QED) is 0.443. The van der Waals surface area contributed by atoms with Crippen molar-refractivity contribution in [2.24, 2.45) is 5.41 Å². The fourth-order valence-corrected chi connectivity index (χ4v) is 7.97. The van der Waals surface area contributed by atoms with Crippen molar-refractivity contribution in [3.63, 3.8) is 0 Å². The topological polar surface area (TPSA) is 101 Å². The number of ether oxygens (including phenoxy) is 2. The number of hydrogen-bond acceptors (Lipinski definition) is 11. The van der Waals surface area contributed by atoms with E-state index in [0.717, 1.165) is 119 Å². The molecule has 0 aromatic carbocycles. The molecule has 0 unspecified atom stereocenters. The summed E-state index contributed by atoms with van der Waals surface area (Å²) in [5, 5.41) is 7.88. The Hall–Kier alpha value is -2.60. The van der Waals surface area contributed by atoms with Crippen LogP contribution in [-0.4, -0.2) is 89.5 Å². The zero-order valence-corrected chi connectivity index (χ0v) is 25.1. The van der Waals surface area contributed by atoms with Crippen LogP contribution in [0.1, 0.15) is 56.4 Å². The number of aromatic nitrogens is 4. The van der Waals surface area contributed by atoms with Gasteiger partial charge in [-0.1, -0.05) is 13.8 Å². The summed E-state index contributed by atoms with van der Waals surface area (Å²) in [6, 6.07) is 0.639. The highest BCUT2D eigenvalue weighted by atomic mass is 32.1. The third-order valence-corrected chi connectivity index (χ3v) is 10.3. The summed E-state index contributed by atoms with van der Waals surface area (Å²) in [6.45, 7) is 12.3. The molecule has 2 aliphatic heterocycles. The summed E-state index contributed by atoms with van der Waals surface area (Å²) in [5.74, 6) is 2.05. The minimum atomic E-state index is 0.173. The lowest BCUT2D eigenvalue weighted by Crippen LogP contribution is -2.46. The highest BCUT2D eigenvalue weighted by Crippen LogP contribution is 2.45. The summed E-state index contributed by atoms with van der Waals surface area (Å²) in [5.41, 5.74) is 2.45. The van der Waals surface area contributed by atoms with E-state index in [4.69, 9.17) is 19.4 Å². The maximum Gasteiger partial charge on any atom is 0.232 e. The molecular weight excluding hydrogens is 536 g/mol. The van der Waals surface area contributed by atoms with Gasteiger partial charge in [-0.15, -0.1) is 11.3 Å². The van der Waals surface area contributed by atoms with E-state index in [0.29, 0.717) is 12.0 Å². The molecule has 0 amide bonds. The Morgan fingerprint density at radius 3 is 2.54 bits per heavy atom. The second-order valence-corrected chi connectivity index (χ2v) is 13.8. The predicted octanol–water partition coefficient (Wildman–Crippen LogP) is 4.17. The van der Waals surface area contributed by atoms with Crippen molar-refractivity contribution < 1.29 is 9.47 Å². The van der Waals surface area contributed by atoms with Gasteiger partial charge >= 0.3 is 0 Å². The second-order valence-electron chi connectivity index (χ2n) is 12.7. The van der Waals surface area contributed by atoms with Crippen LogP contribution in [0, 0.1) is 5.41 Å². The fourth-order valence-electron chi connectivity index (χ4n) is 6.79. The molecule has 2 aliphatic carbocycles. The molecule has 5 heterocycles. The standard InChI is InChI=1S/C30H42N8O2S/c1-30(2)8-7-24-23(17-30)25-26(40-22-5-3-21(4-6-22)37-13-15-39-16-14-37)35-28(36-27(25)41-24)34-20-18-32-29(33-19-20)38-11-9-31-10-12-38/h18-19,21-22,31H,3-17H2,1-2H3,(H,34,35,36)/t21-,22-. The molecule has 220 valence electrons. The monoisotopic (exact) mass is 578 g/mol. The maximum absolute atomic E-state index is 6.80. The number of rotatable bonds is 6. The molecule has 3 aromatic heterocycles. The number of thiophene rings is 1. The van der Waals surface area contributed by atoms with Gasteiger partial charge in [0.2, 0.25) is 17.8 Å². The highest BCUT2D eigenvalue weighted by Gasteiger charge is 2.33. The summed E-state index contributed by atoms with van der Waals surface area (Å²) < 4.78 is 12.4. The van der Waals surface area contributed by atoms with Crippen molar-refractivity contribution >= 4 is 39.1 Å². The van der Waals surface area contributed by atoms with Crippen molar-refractivity contribution in [3.05, 3.63) is 22.8 Å². The Balaban J connectivity index is 1.13. The first-order valence-corrected chi connectivity index (χ1v) is 16.2. The van der Waals surface area contributed by atoms with Crippen LogP contribution in [0.25, 0.3) is 10.2 Å². The van der Waals surface area contributed by atoms with Gasteiger partial charge in [-0.25, -0.2) is 15.0 Å². The van der Waals surface area contributed by atoms with Crippen molar-refractivity contribution in [3.8, 4) is 5.88 Å². The van der Waals surface area contributed by atoms with E-state index in [1.54, 1.807) is 0 Å². The van der Waals surface area contributed by atoms with Gasteiger partial charge in [0.1, 0.15) is 10.9 Å². The van der Waals surface area contributed by atoms with Gasteiger partial charge in [-0.2, -0.15) is 4.98 Å². The molecule has 3 aromatic rings. The van der Waals surface area contributed by atoms with Gasteiger partial charge in [0.25, 0.3) is 0 Å². The smallest absolute Gasteiger partial charge is 0.232 e. The molecule has 41 heavy (non-hydrogen) atoms. The first kappa shape index (κ1) is 27.2. The lowest BCUT2D eigenvalue weighted by atomic mass is 9.76. The molecule has 7 rings (SSSR count). The Bertz CT molecular complexity index is 1340. The predicted molar refractivity (Wildman–Crippen MR) is 163 cm³/mol. The van der Waals surface area contributed by atoms with E-state index < -0.39 is 0 Å². The average Bonchev–Trinajstić information content (AvgIpc) is 3.35. The Morgan fingerprint density at radius 1 is 1.02 bits per heavy atom. The van der Waals surface area contributed by atoms with E-state index in [-0.39, 0.29) is 11.5 Å². The molecule has 3 fully saturated rings. The molecular formula is C30H42N8O2S. The van der Waals surface area contributed by atoms with Crippen LogP contribution >= 0.6 is 11.3 Å². The number of piperazine rings is 1. The number of anilines is 3. The lowest BCUT2D eigenvalue weighted by Gasteiger charge is -2.38. The van der Waals surface area contributed by atoms with E-state index in [1.165, 1.54) is 16.9 Å². The van der Waals surface area contributed by atoms with Gasteiger partial charge < -0.3 is 25.0 Å². The first-order valence-electron chi connectivity index (χ1n) is 15.4. The largest absolute Gasteiger partial charge is 0.474 e. The van der Waals surface area contributed by atoms with E-state index in [9.17, 15) is 0 Å². The number of nitrogens with zero attached hydrogens (tertiary/aromatic N) is 6. The minimum absolute atomic E-state index is 0.173. The molecule has 4 aliphatic rings. The maximum atomic E-state index is 6.80. The van der Waals surface area contributed by atoms with Crippen LogP contribution in [0.15, 0.2) is 12.4 Å². The van der Waals surface area contributed by atoms with Crippen molar-refractivity contribution in [1.29, 1.82) is 0 Å². The van der Waals surface area contributed by atoms with Gasteiger partial charge in [0.15, 0.2) is 0 Å². The summed E-state index contributed by atoms with van der Waals surface area (Å²) in [7, 11) is 0. The van der Waals surface area contributed by atoms with Gasteiger partial charge in [0, 0.05) is 50.2 Å². The summed E-state index contributed by atoms with van der Waals surface area (Å²) in [4.78, 5) is 26.5. The van der Waals surface area contributed by atoms with Crippen molar-refractivity contribution in [1.82, 2.24) is 30.2 Å². The lowest BCUT2D eigenvalue weighted by molar-refractivity contribution is -0.00125. The van der Waals surface area contributed by atoms with Crippen molar-refractivity contribution in [2.45, 2.75) is 70.9 Å². The Kier molecular flexibility index (Phi) is 7.70. The van der Waals surface area contributed by atoms with E-state index >= 15 is 0 Å². The van der Waals surface area contributed by atoms with Crippen LogP contribution in [0.5, 0.6) is 5.88 Å². The van der Waals surface area contributed by atoms with Crippen LogP contribution in [0.3, 0.4) is 0 Å². The Labute approximate surface area is 246 Å². The molecule has 11 heteroatoms.